The van der Waals surface area contributed by atoms with E-state index >= 15 is 0 Å². The normalized spacial score (nSPS) is 10.3. The fourth-order valence-electron chi connectivity index (χ4n) is 1.67. The van der Waals surface area contributed by atoms with Crippen LogP contribution >= 0.6 is 15.9 Å². The number of rotatable bonds is 3. The molecule has 18 heavy (non-hydrogen) atoms. The number of nitrogens with zero attached hydrogens (tertiary/aromatic N) is 1. The highest BCUT2D eigenvalue weighted by molar-refractivity contribution is 9.10. The van der Waals surface area contributed by atoms with E-state index in [-0.39, 0.29) is 11.7 Å². The number of aromatic nitrogens is 1. The Bertz CT molecular complexity index is 561. The van der Waals surface area contributed by atoms with E-state index in [0.29, 0.717) is 11.4 Å². The summed E-state index contributed by atoms with van der Waals surface area (Å²) in [5, 5.41) is 12.0. The van der Waals surface area contributed by atoms with Gasteiger partial charge in [-0.25, -0.2) is 0 Å². The number of hydrogen-bond donors (Lipinski definition) is 2. The van der Waals surface area contributed by atoms with Gasteiger partial charge in [0.15, 0.2) is 0 Å². The molecule has 0 aliphatic rings. The maximum atomic E-state index is 12.1. The molecule has 1 amide bonds. The van der Waals surface area contributed by atoms with Crippen LogP contribution in [0.4, 0.5) is 5.69 Å². The van der Waals surface area contributed by atoms with E-state index in [1.807, 2.05) is 17.7 Å². The first kappa shape index (κ1) is 12.7. The highest BCUT2D eigenvalue weighted by Crippen LogP contribution is 2.18. The van der Waals surface area contributed by atoms with Crippen LogP contribution in [0.3, 0.4) is 0 Å². The first-order chi connectivity index (χ1) is 8.60. The average Bonchev–Trinajstić information content (AvgIpc) is 2.73. The zero-order valence-corrected chi connectivity index (χ0v) is 11.4. The van der Waals surface area contributed by atoms with E-state index in [1.165, 1.54) is 12.1 Å². The molecule has 0 saturated heterocycles. The predicted octanol–water partition coefficient (Wildman–Crippen LogP) is 3.23. The maximum absolute atomic E-state index is 12.1. The molecule has 0 spiro atoms. The van der Waals surface area contributed by atoms with Crippen molar-refractivity contribution in [2.75, 3.05) is 5.32 Å². The maximum Gasteiger partial charge on any atom is 0.272 e. The molecule has 2 rings (SSSR count). The van der Waals surface area contributed by atoms with Crippen molar-refractivity contribution < 1.29 is 9.90 Å². The third-order valence-electron chi connectivity index (χ3n) is 2.56. The lowest BCUT2D eigenvalue weighted by atomic mass is 10.3. The summed E-state index contributed by atoms with van der Waals surface area (Å²) in [6, 6.07) is 8.15. The van der Waals surface area contributed by atoms with Crippen molar-refractivity contribution in [2.45, 2.75) is 13.5 Å². The van der Waals surface area contributed by atoms with Gasteiger partial charge in [0, 0.05) is 22.9 Å². The number of aromatic hydroxyl groups is 1. The van der Waals surface area contributed by atoms with Crippen molar-refractivity contribution in [3.8, 4) is 5.75 Å². The molecule has 4 nitrogen and oxygen atoms in total. The molecule has 0 bridgehead atoms. The minimum atomic E-state index is -0.173. The Hall–Kier alpha value is -1.75. The van der Waals surface area contributed by atoms with Crippen LogP contribution in [0.5, 0.6) is 5.75 Å². The first-order valence-electron chi connectivity index (χ1n) is 5.56. The summed E-state index contributed by atoms with van der Waals surface area (Å²) in [4.78, 5) is 12.1. The van der Waals surface area contributed by atoms with Gasteiger partial charge >= 0.3 is 0 Å². The Labute approximate surface area is 113 Å². The van der Waals surface area contributed by atoms with Crippen molar-refractivity contribution in [2.24, 2.45) is 0 Å². The fourth-order valence-corrected chi connectivity index (χ4v) is 2.13. The van der Waals surface area contributed by atoms with Crippen molar-refractivity contribution in [1.82, 2.24) is 4.57 Å². The molecule has 0 aliphatic heterocycles. The van der Waals surface area contributed by atoms with Gasteiger partial charge in [-0.1, -0.05) is 0 Å². The Morgan fingerprint density at radius 1 is 1.39 bits per heavy atom. The van der Waals surface area contributed by atoms with Gasteiger partial charge in [0.1, 0.15) is 11.4 Å². The van der Waals surface area contributed by atoms with Crippen LogP contribution in [-0.2, 0) is 6.54 Å². The SMILES string of the molecule is CCn1cc(Br)cc1C(=O)Nc1ccc(O)cc1. The summed E-state index contributed by atoms with van der Waals surface area (Å²) in [6.07, 6.45) is 1.87. The summed E-state index contributed by atoms with van der Waals surface area (Å²) in [5.41, 5.74) is 1.25. The van der Waals surface area contributed by atoms with Crippen LogP contribution < -0.4 is 5.32 Å². The van der Waals surface area contributed by atoms with Crippen molar-refractivity contribution in [1.29, 1.82) is 0 Å². The topological polar surface area (TPSA) is 54.3 Å². The Morgan fingerprint density at radius 2 is 2.06 bits per heavy atom. The predicted molar refractivity (Wildman–Crippen MR) is 73.9 cm³/mol. The number of halogens is 1. The number of anilines is 1. The largest absolute Gasteiger partial charge is 0.508 e. The van der Waals surface area contributed by atoms with Gasteiger partial charge in [-0.2, -0.15) is 0 Å². The summed E-state index contributed by atoms with van der Waals surface area (Å²) < 4.78 is 2.74. The van der Waals surface area contributed by atoms with Crippen LogP contribution in [0, 0.1) is 0 Å². The number of aryl methyl sites for hydroxylation is 1. The molecule has 1 heterocycles. The smallest absolute Gasteiger partial charge is 0.272 e. The second kappa shape index (κ2) is 5.27. The standard InChI is InChI=1S/C13H13BrN2O2/c1-2-16-8-9(14)7-12(16)13(18)15-10-3-5-11(17)6-4-10/h3-8,17H,2H2,1H3,(H,15,18). The number of amides is 1. The lowest BCUT2D eigenvalue weighted by Gasteiger charge is -2.07. The lowest BCUT2D eigenvalue weighted by Crippen LogP contribution is -2.16. The Morgan fingerprint density at radius 3 is 2.67 bits per heavy atom. The quantitative estimate of drug-likeness (QED) is 0.855. The molecule has 5 heteroatoms. The summed E-state index contributed by atoms with van der Waals surface area (Å²) >= 11 is 3.35. The number of phenols is 1. The number of nitrogens with one attached hydrogen (secondary N) is 1. The molecule has 94 valence electrons. The molecule has 0 fully saturated rings. The van der Waals surface area contributed by atoms with Crippen LogP contribution in [-0.4, -0.2) is 15.6 Å². The summed E-state index contributed by atoms with van der Waals surface area (Å²) in [7, 11) is 0. The van der Waals surface area contributed by atoms with Gasteiger partial charge in [0.05, 0.1) is 0 Å². The number of carbonyl (C=O) groups excluding carboxylic acids is 1. The van der Waals surface area contributed by atoms with Crippen molar-refractivity contribution in [3.63, 3.8) is 0 Å². The van der Waals surface area contributed by atoms with Gasteiger partial charge in [-0.15, -0.1) is 0 Å². The van der Waals surface area contributed by atoms with Gasteiger partial charge in [-0.3, -0.25) is 4.79 Å². The molecule has 0 saturated carbocycles. The molecule has 1 aromatic heterocycles. The number of benzene rings is 1. The highest BCUT2D eigenvalue weighted by Gasteiger charge is 2.12. The third-order valence-corrected chi connectivity index (χ3v) is 3.00. The molecule has 0 unspecified atom stereocenters. The second-order valence-electron chi connectivity index (χ2n) is 3.83. The van der Waals surface area contributed by atoms with Crippen LogP contribution in [0.15, 0.2) is 41.0 Å². The van der Waals surface area contributed by atoms with E-state index < -0.39 is 0 Å². The van der Waals surface area contributed by atoms with Gasteiger partial charge in [0.25, 0.3) is 5.91 Å². The van der Waals surface area contributed by atoms with E-state index in [9.17, 15) is 9.90 Å². The number of phenolic OH excluding ortho intramolecular Hbond substituents is 1. The highest BCUT2D eigenvalue weighted by atomic mass is 79.9. The van der Waals surface area contributed by atoms with Crippen LogP contribution in [0.2, 0.25) is 0 Å². The first-order valence-corrected chi connectivity index (χ1v) is 6.35. The third kappa shape index (κ3) is 2.73. The van der Waals surface area contributed by atoms with Gasteiger partial charge in [-0.05, 0) is 53.2 Å². The van der Waals surface area contributed by atoms with E-state index in [0.717, 1.165) is 11.0 Å². The van der Waals surface area contributed by atoms with E-state index in [1.54, 1.807) is 18.2 Å². The molecule has 0 aliphatic carbocycles. The Kier molecular flexibility index (Phi) is 3.72. The van der Waals surface area contributed by atoms with Crippen molar-refractivity contribution >= 4 is 27.5 Å². The summed E-state index contributed by atoms with van der Waals surface area (Å²) in [6.45, 7) is 2.70. The lowest BCUT2D eigenvalue weighted by molar-refractivity contribution is 0.101. The zero-order chi connectivity index (χ0) is 13.1. The molecule has 2 N–H and O–H groups in total. The van der Waals surface area contributed by atoms with Crippen LogP contribution in [0.25, 0.3) is 0 Å². The average molecular weight is 309 g/mol. The van der Waals surface area contributed by atoms with Crippen LogP contribution in [0.1, 0.15) is 17.4 Å². The van der Waals surface area contributed by atoms with E-state index in [4.69, 9.17) is 0 Å². The second-order valence-corrected chi connectivity index (χ2v) is 4.75. The van der Waals surface area contributed by atoms with Gasteiger partial charge < -0.3 is 15.0 Å². The fraction of sp³-hybridized carbons (Fsp3) is 0.154. The van der Waals surface area contributed by atoms with Gasteiger partial charge in [0.2, 0.25) is 0 Å². The number of hydrogen-bond acceptors (Lipinski definition) is 2. The van der Waals surface area contributed by atoms with E-state index in [2.05, 4.69) is 21.2 Å². The molecule has 0 radical (unpaired) electrons. The summed E-state index contributed by atoms with van der Waals surface area (Å²) in [5.74, 6) is 0.000849. The minimum Gasteiger partial charge on any atom is -0.508 e. The molecule has 1 aromatic carbocycles. The zero-order valence-electron chi connectivity index (χ0n) is 9.85. The monoisotopic (exact) mass is 308 g/mol. The number of carbonyl (C=O) groups is 1. The molecule has 2 aromatic rings. The Balaban J connectivity index is 2.19. The molecular weight excluding hydrogens is 296 g/mol. The minimum absolute atomic E-state index is 0.173. The van der Waals surface area contributed by atoms with Crippen molar-refractivity contribution in [3.05, 3.63) is 46.7 Å². The molecule has 0 atom stereocenters. The molecular formula is C13H13BrN2O2.